The van der Waals surface area contributed by atoms with E-state index in [1.165, 1.54) is 10.5 Å². The smallest absolute Gasteiger partial charge is 0.240 e. The third kappa shape index (κ3) is 1.96. The standard InChI is InChI=1S/C12H13N3OS/c1-7-4-8-2-3-9(5-10(8)17-7)12-14-11(6-13)16-15-12/h2-3,5,7H,4,6,13H2,1H3. The zero-order chi connectivity index (χ0) is 11.8. The lowest BCUT2D eigenvalue weighted by atomic mass is 10.1. The van der Waals surface area contributed by atoms with Crippen molar-refractivity contribution in [1.29, 1.82) is 0 Å². The molecule has 88 valence electrons. The zero-order valence-corrected chi connectivity index (χ0v) is 10.3. The highest BCUT2D eigenvalue weighted by Crippen LogP contribution is 2.38. The number of thioether (sulfide) groups is 1. The second-order valence-corrected chi connectivity index (χ2v) is 5.65. The molecular formula is C12H13N3OS. The fraction of sp³-hybridized carbons (Fsp3) is 0.333. The van der Waals surface area contributed by atoms with Crippen molar-refractivity contribution in [3.05, 3.63) is 29.7 Å². The molecule has 5 heteroatoms. The maximum atomic E-state index is 5.45. The molecule has 0 saturated carbocycles. The Bertz CT molecular complexity index is 552. The molecule has 1 aliphatic heterocycles. The van der Waals surface area contributed by atoms with Crippen LogP contribution >= 0.6 is 11.8 Å². The number of nitrogens with zero attached hydrogens (tertiary/aromatic N) is 2. The average Bonchev–Trinajstić information content (AvgIpc) is 2.92. The molecule has 1 aromatic heterocycles. The summed E-state index contributed by atoms with van der Waals surface area (Å²) in [7, 11) is 0. The number of nitrogens with two attached hydrogens (primary N) is 1. The lowest BCUT2D eigenvalue weighted by molar-refractivity contribution is 0.380. The molecule has 0 aliphatic carbocycles. The van der Waals surface area contributed by atoms with Crippen LogP contribution in [0.5, 0.6) is 0 Å². The summed E-state index contributed by atoms with van der Waals surface area (Å²) in [5.74, 6) is 1.09. The molecule has 0 radical (unpaired) electrons. The van der Waals surface area contributed by atoms with Gasteiger partial charge in [0.15, 0.2) is 0 Å². The van der Waals surface area contributed by atoms with E-state index in [1.54, 1.807) is 0 Å². The van der Waals surface area contributed by atoms with Gasteiger partial charge in [-0.1, -0.05) is 24.2 Å². The van der Waals surface area contributed by atoms with Crippen LogP contribution in [0, 0.1) is 0 Å². The van der Waals surface area contributed by atoms with Gasteiger partial charge in [-0.05, 0) is 18.1 Å². The highest BCUT2D eigenvalue weighted by atomic mass is 32.2. The maximum Gasteiger partial charge on any atom is 0.240 e. The first-order valence-corrected chi connectivity index (χ1v) is 6.47. The van der Waals surface area contributed by atoms with E-state index in [2.05, 4.69) is 29.2 Å². The molecule has 2 aromatic rings. The largest absolute Gasteiger partial charge is 0.338 e. The van der Waals surface area contributed by atoms with Gasteiger partial charge in [0, 0.05) is 15.7 Å². The van der Waals surface area contributed by atoms with Crippen LogP contribution in [0.3, 0.4) is 0 Å². The Labute approximate surface area is 104 Å². The summed E-state index contributed by atoms with van der Waals surface area (Å²) in [4.78, 5) is 5.56. The quantitative estimate of drug-likeness (QED) is 0.881. The molecule has 1 unspecified atom stereocenters. The van der Waals surface area contributed by atoms with Crippen LogP contribution in [-0.4, -0.2) is 15.4 Å². The van der Waals surface area contributed by atoms with E-state index in [1.807, 2.05) is 17.8 Å². The molecule has 1 atom stereocenters. The molecule has 0 amide bonds. The summed E-state index contributed by atoms with van der Waals surface area (Å²) in [5, 5.41) is 4.58. The Morgan fingerprint density at radius 3 is 3.18 bits per heavy atom. The number of fused-ring (bicyclic) bond motifs is 1. The third-order valence-corrected chi connectivity index (χ3v) is 4.01. The molecular weight excluding hydrogens is 234 g/mol. The zero-order valence-electron chi connectivity index (χ0n) is 9.51. The van der Waals surface area contributed by atoms with E-state index in [4.69, 9.17) is 10.3 Å². The van der Waals surface area contributed by atoms with Gasteiger partial charge in [0.25, 0.3) is 0 Å². The SMILES string of the molecule is CC1Cc2ccc(-c3noc(CN)n3)cc2S1. The first-order valence-electron chi connectivity index (χ1n) is 5.59. The minimum atomic E-state index is 0.281. The molecule has 2 N–H and O–H groups in total. The summed E-state index contributed by atoms with van der Waals surface area (Å²) in [6, 6.07) is 6.33. The highest BCUT2D eigenvalue weighted by molar-refractivity contribution is 8.00. The van der Waals surface area contributed by atoms with Gasteiger partial charge in [-0.15, -0.1) is 11.8 Å². The fourth-order valence-electron chi connectivity index (χ4n) is 2.00. The number of hydrogen-bond acceptors (Lipinski definition) is 5. The highest BCUT2D eigenvalue weighted by Gasteiger charge is 2.19. The molecule has 3 rings (SSSR count). The second kappa shape index (κ2) is 4.16. The monoisotopic (exact) mass is 247 g/mol. The fourth-order valence-corrected chi connectivity index (χ4v) is 3.19. The predicted octanol–water partition coefficient (Wildman–Crippen LogP) is 2.23. The van der Waals surface area contributed by atoms with Crippen LogP contribution in [-0.2, 0) is 13.0 Å². The van der Waals surface area contributed by atoms with Crippen molar-refractivity contribution in [1.82, 2.24) is 10.1 Å². The van der Waals surface area contributed by atoms with Crippen molar-refractivity contribution in [3.63, 3.8) is 0 Å². The van der Waals surface area contributed by atoms with Gasteiger partial charge < -0.3 is 10.3 Å². The molecule has 1 aromatic carbocycles. The van der Waals surface area contributed by atoms with E-state index < -0.39 is 0 Å². The first-order chi connectivity index (χ1) is 8.26. The van der Waals surface area contributed by atoms with E-state index in [0.29, 0.717) is 17.0 Å². The molecule has 2 heterocycles. The van der Waals surface area contributed by atoms with Gasteiger partial charge in [0.05, 0.1) is 6.54 Å². The average molecular weight is 247 g/mol. The van der Waals surface area contributed by atoms with Crippen LogP contribution < -0.4 is 5.73 Å². The van der Waals surface area contributed by atoms with E-state index in [9.17, 15) is 0 Å². The van der Waals surface area contributed by atoms with Crippen molar-refractivity contribution in [2.75, 3.05) is 0 Å². The number of hydrogen-bond donors (Lipinski definition) is 1. The Kier molecular flexibility index (Phi) is 2.64. The Balaban J connectivity index is 1.97. The van der Waals surface area contributed by atoms with Gasteiger partial charge in [0.2, 0.25) is 11.7 Å². The minimum Gasteiger partial charge on any atom is -0.338 e. The van der Waals surface area contributed by atoms with Gasteiger partial charge >= 0.3 is 0 Å². The van der Waals surface area contributed by atoms with Gasteiger partial charge in [-0.2, -0.15) is 4.98 Å². The van der Waals surface area contributed by atoms with E-state index >= 15 is 0 Å². The predicted molar refractivity (Wildman–Crippen MR) is 66.6 cm³/mol. The van der Waals surface area contributed by atoms with Crippen LogP contribution in [0.25, 0.3) is 11.4 Å². The molecule has 4 nitrogen and oxygen atoms in total. The summed E-state index contributed by atoms with van der Waals surface area (Å²) in [5.41, 5.74) is 7.85. The van der Waals surface area contributed by atoms with Gasteiger partial charge in [-0.25, -0.2) is 0 Å². The lowest BCUT2D eigenvalue weighted by Crippen LogP contribution is -1.95. The number of benzene rings is 1. The summed E-state index contributed by atoms with van der Waals surface area (Å²) in [6.45, 7) is 2.52. The molecule has 0 spiro atoms. The normalized spacial score (nSPS) is 18.4. The van der Waals surface area contributed by atoms with Crippen LogP contribution in [0.2, 0.25) is 0 Å². The maximum absolute atomic E-state index is 5.45. The van der Waals surface area contributed by atoms with Crippen molar-refractivity contribution in [2.24, 2.45) is 5.73 Å². The number of rotatable bonds is 2. The van der Waals surface area contributed by atoms with Crippen LogP contribution in [0.4, 0.5) is 0 Å². The second-order valence-electron chi connectivity index (χ2n) is 4.17. The summed E-state index contributed by atoms with van der Waals surface area (Å²) >= 11 is 1.90. The molecule has 0 saturated heterocycles. The van der Waals surface area contributed by atoms with Crippen LogP contribution in [0.1, 0.15) is 18.4 Å². The Hall–Kier alpha value is -1.33. The van der Waals surface area contributed by atoms with Crippen LogP contribution in [0.15, 0.2) is 27.6 Å². The number of aromatic nitrogens is 2. The molecule has 1 aliphatic rings. The summed E-state index contributed by atoms with van der Waals surface area (Å²) < 4.78 is 5.02. The van der Waals surface area contributed by atoms with Gasteiger partial charge in [-0.3, -0.25) is 0 Å². The Morgan fingerprint density at radius 1 is 1.53 bits per heavy atom. The molecule has 0 bridgehead atoms. The van der Waals surface area contributed by atoms with Crippen molar-refractivity contribution < 1.29 is 4.52 Å². The summed E-state index contributed by atoms with van der Waals surface area (Å²) in [6.07, 6.45) is 1.14. The first kappa shape index (κ1) is 10.8. The van der Waals surface area contributed by atoms with Gasteiger partial charge in [0.1, 0.15) is 0 Å². The van der Waals surface area contributed by atoms with E-state index in [-0.39, 0.29) is 6.54 Å². The van der Waals surface area contributed by atoms with Crippen molar-refractivity contribution >= 4 is 11.8 Å². The van der Waals surface area contributed by atoms with E-state index in [0.717, 1.165) is 12.0 Å². The Morgan fingerprint density at radius 2 is 2.41 bits per heavy atom. The molecule has 17 heavy (non-hydrogen) atoms. The molecule has 0 fully saturated rings. The van der Waals surface area contributed by atoms with Crippen molar-refractivity contribution in [2.45, 2.75) is 30.0 Å². The third-order valence-electron chi connectivity index (χ3n) is 2.80. The van der Waals surface area contributed by atoms with Crippen molar-refractivity contribution in [3.8, 4) is 11.4 Å². The topological polar surface area (TPSA) is 64.9 Å². The minimum absolute atomic E-state index is 0.281. The lowest BCUT2D eigenvalue weighted by Gasteiger charge is -1.99.